The maximum absolute atomic E-state index is 12.6. The van der Waals surface area contributed by atoms with Gasteiger partial charge in [-0.3, -0.25) is 4.90 Å². The molecule has 2 atom stereocenters. The average Bonchev–Trinajstić information content (AvgIpc) is 2.63. The Hall–Kier alpha value is -2.07. The van der Waals surface area contributed by atoms with Crippen LogP contribution in [0.1, 0.15) is 37.7 Å². The molecule has 4 heteroatoms. The number of hydrogen-bond donors (Lipinski definition) is 0. The summed E-state index contributed by atoms with van der Waals surface area (Å²) in [5, 5.41) is 0. The van der Waals surface area contributed by atoms with Crippen LogP contribution in [0, 0.1) is 0 Å². The van der Waals surface area contributed by atoms with Gasteiger partial charge in [0.05, 0.1) is 25.3 Å². The Balaban J connectivity index is 1.57. The van der Waals surface area contributed by atoms with E-state index in [1.54, 1.807) is 0 Å². The van der Waals surface area contributed by atoms with Crippen molar-refractivity contribution < 1.29 is 14.3 Å². The third-order valence-corrected chi connectivity index (χ3v) is 4.85. The normalized spacial score (nSPS) is 22.2. The fourth-order valence-corrected chi connectivity index (χ4v) is 3.59. The lowest BCUT2D eigenvalue weighted by Crippen LogP contribution is -2.56. The molecule has 1 saturated heterocycles. The van der Waals surface area contributed by atoms with Gasteiger partial charge in [-0.15, -0.1) is 6.58 Å². The second-order valence-electron chi connectivity index (χ2n) is 6.77. The van der Waals surface area contributed by atoms with Gasteiger partial charge in [0, 0.05) is 0 Å². The topological polar surface area (TPSA) is 38.8 Å². The zero-order valence-electron chi connectivity index (χ0n) is 14.7. The van der Waals surface area contributed by atoms with E-state index in [1.165, 1.54) is 18.4 Å². The summed E-state index contributed by atoms with van der Waals surface area (Å²) in [4.78, 5) is 14.5. The van der Waals surface area contributed by atoms with E-state index in [-0.39, 0.29) is 18.2 Å². The van der Waals surface area contributed by atoms with E-state index in [0.29, 0.717) is 19.8 Å². The largest absolute Gasteiger partial charge is 0.445 e. The molecule has 0 aromatic heterocycles. The van der Waals surface area contributed by atoms with E-state index in [0.717, 1.165) is 24.8 Å². The molecule has 25 heavy (non-hydrogen) atoms. The lowest BCUT2D eigenvalue weighted by atomic mass is 9.91. The number of benzene rings is 1. The Bertz CT molecular complexity index is 611. The van der Waals surface area contributed by atoms with E-state index >= 15 is 0 Å². The third kappa shape index (κ3) is 4.73. The highest BCUT2D eigenvalue weighted by atomic mass is 16.6. The zero-order chi connectivity index (χ0) is 17.5. The molecule has 2 bridgehead atoms. The number of amides is 1. The number of fused-ring (bicyclic) bond motifs is 2. The van der Waals surface area contributed by atoms with Crippen LogP contribution in [-0.4, -0.2) is 36.3 Å². The van der Waals surface area contributed by atoms with Crippen LogP contribution in [0.2, 0.25) is 0 Å². The number of carbonyl (C=O) groups excluding carboxylic acids is 1. The highest BCUT2D eigenvalue weighted by Gasteiger charge is 2.38. The van der Waals surface area contributed by atoms with Crippen LogP contribution >= 0.6 is 0 Å². The molecule has 0 radical (unpaired) electrons. The van der Waals surface area contributed by atoms with Gasteiger partial charge in [0.25, 0.3) is 0 Å². The summed E-state index contributed by atoms with van der Waals surface area (Å²) in [5.74, 6) is 0. The number of carbonyl (C=O) groups is 1. The van der Waals surface area contributed by atoms with Gasteiger partial charge in [0.1, 0.15) is 6.61 Å². The average molecular weight is 341 g/mol. The maximum atomic E-state index is 12.6. The number of nitrogens with zero attached hydrogens (tertiary/aromatic N) is 1. The van der Waals surface area contributed by atoms with Crippen molar-refractivity contribution in [2.75, 3.05) is 13.2 Å². The quantitative estimate of drug-likeness (QED) is 0.542. The van der Waals surface area contributed by atoms with Crippen LogP contribution in [0.15, 0.2) is 54.6 Å². The van der Waals surface area contributed by atoms with Gasteiger partial charge in [-0.1, -0.05) is 48.1 Å². The van der Waals surface area contributed by atoms with Crippen LogP contribution < -0.4 is 0 Å². The van der Waals surface area contributed by atoms with Gasteiger partial charge in [-0.25, -0.2) is 4.79 Å². The van der Waals surface area contributed by atoms with Crippen molar-refractivity contribution in [1.82, 2.24) is 4.90 Å². The molecule has 2 unspecified atom stereocenters. The molecular weight excluding hydrogens is 314 g/mol. The summed E-state index contributed by atoms with van der Waals surface area (Å²) in [5.41, 5.74) is 2.46. The standard InChI is InChI=1S/C21H27NO3/c1-2-3-4-6-11-18-12-19-15-24-16-20(13-18)22(19)21(23)25-14-17-9-7-5-8-10-17/h2,5,7-10,12,19-20H,1,3-4,6,11,13-16H2. The number of hydrogen-bond acceptors (Lipinski definition) is 3. The lowest BCUT2D eigenvalue weighted by Gasteiger charge is -2.43. The van der Waals surface area contributed by atoms with Crippen molar-refractivity contribution in [3.63, 3.8) is 0 Å². The van der Waals surface area contributed by atoms with Gasteiger partial charge < -0.3 is 9.47 Å². The first-order chi connectivity index (χ1) is 12.3. The molecule has 0 spiro atoms. The maximum Gasteiger partial charge on any atom is 0.411 e. The molecule has 4 nitrogen and oxygen atoms in total. The van der Waals surface area contributed by atoms with Gasteiger partial charge in [-0.2, -0.15) is 0 Å². The van der Waals surface area contributed by atoms with E-state index in [2.05, 4.69) is 12.7 Å². The summed E-state index contributed by atoms with van der Waals surface area (Å²) in [7, 11) is 0. The number of allylic oxidation sites excluding steroid dienone is 1. The Morgan fingerprint density at radius 2 is 2.12 bits per heavy atom. The first-order valence-corrected chi connectivity index (χ1v) is 9.15. The summed E-state index contributed by atoms with van der Waals surface area (Å²) >= 11 is 0. The summed E-state index contributed by atoms with van der Waals surface area (Å²) in [6.07, 6.45) is 9.38. The summed E-state index contributed by atoms with van der Waals surface area (Å²) in [6.45, 7) is 5.25. The van der Waals surface area contributed by atoms with Crippen molar-refractivity contribution in [3.8, 4) is 0 Å². The van der Waals surface area contributed by atoms with Crippen molar-refractivity contribution in [3.05, 3.63) is 60.2 Å². The summed E-state index contributed by atoms with van der Waals surface area (Å²) in [6, 6.07) is 9.90. The first-order valence-electron chi connectivity index (χ1n) is 9.15. The molecule has 2 aliphatic heterocycles. The fourth-order valence-electron chi connectivity index (χ4n) is 3.59. The smallest absolute Gasteiger partial charge is 0.411 e. The van der Waals surface area contributed by atoms with E-state index in [9.17, 15) is 4.79 Å². The zero-order valence-corrected chi connectivity index (χ0v) is 14.7. The van der Waals surface area contributed by atoms with Crippen LogP contribution in [0.4, 0.5) is 4.79 Å². The van der Waals surface area contributed by atoms with E-state index < -0.39 is 0 Å². The molecule has 2 heterocycles. The van der Waals surface area contributed by atoms with Gasteiger partial charge >= 0.3 is 6.09 Å². The van der Waals surface area contributed by atoms with Crippen molar-refractivity contribution in [2.24, 2.45) is 0 Å². The minimum atomic E-state index is -0.232. The van der Waals surface area contributed by atoms with E-state index in [4.69, 9.17) is 9.47 Å². The molecule has 2 aliphatic rings. The first kappa shape index (κ1) is 17.7. The van der Waals surface area contributed by atoms with Crippen LogP contribution in [0.5, 0.6) is 0 Å². The van der Waals surface area contributed by atoms with Gasteiger partial charge in [-0.05, 0) is 37.7 Å². The number of rotatable bonds is 7. The number of morpholine rings is 1. The van der Waals surface area contributed by atoms with Gasteiger partial charge in [0.2, 0.25) is 0 Å². The van der Waals surface area contributed by atoms with Crippen LogP contribution in [-0.2, 0) is 16.1 Å². The highest BCUT2D eigenvalue weighted by Crippen LogP contribution is 2.30. The predicted molar refractivity (Wildman–Crippen MR) is 98.2 cm³/mol. The fraction of sp³-hybridized carbons (Fsp3) is 0.476. The molecule has 1 fully saturated rings. The third-order valence-electron chi connectivity index (χ3n) is 4.85. The number of unbranched alkanes of at least 4 members (excludes halogenated alkanes) is 2. The predicted octanol–water partition coefficient (Wildman–Crippen LogP) is 4.47. The lowest BCUT2D eigenvalue weighted by molar-refractivity contribution is -0.0375. The molecule has 134 valence electrons. The minimum absolute atomic E-state index is 0.00479. The van der Waals surface area contributed by atoms with Crippen molar-refractivity contribution >= 4 is 6.09 Å². The molecule has 1 aromatic carbocycles. The molecule has 3 rings (SSSR count). The molecule has 0 aliphatic carbocycles. The van der Waals surface area contributed by atoms with Crippen molar-refractivity contribution in [2.45, 2.75) is 50.8 Å². The van der Waals surface area contributed by atoms with Gasteiger partial charge in [0.15, 0.2) is 0 Å². The second-order valence-corrected chi connectivity index (χ2v) is 6.77. The molecule has 1 aromatic rings. The number of ether oxygens (including phenoxy) is 2. The van der Waals surface area contributed by atoms with Crippen LogP contribution in [0.3, 0.4) is 0 Å². The highest BCUT2D eigenvalue weighted by molar-refractivity contribution is 5.69. The Labute approximate surface area is 150 Å². The minimum Gasteiger partial charge on any atom is -0.445 e. The Morgan fingerprint density at radius 1 is 1.28 bits per heavy atom. The SMILES string of the molecule is C=CCCCCC1=CC2COCC(C1)N2C(=O)OCc1ccccc1. The molecule has 1 amide bonds. The molecule has 0 saturated carbocycles. The van der Waals surface area contributed by atoms with E-state index in [1.807, 2.05) is 41.3 Å². The Kier molecular flexibility index (Phi) is 6.29. The van der Waals surface area contributed by atoms with Crippen molar-refractivity contribution in [1.29, 1.82) is 0 Å². The summed E-state index contributed by atoms with van der Waals surface area (Å²) < 4.78 is 11.2. The monoisotopic (exact) mass is 341 g/mol. The second kappa shape index (κ2) is 8.86. The molecule has 0 N–H and O–H groups in total. The Morgan fingerprint density at radius 3 is 2.88 bits per heavy atom. The molecular formula is C21H27NO3. The van der Waals surface area contributed by atoms with Crippen LogP contribution in [0.25, 0.3) is 0 Å².